The smallest absolute Gasteiger partial charge is 0.339 e. The maximum absolute atomic E-state index is 13.7. The lowest BCUT2D eigenvalue weighted by molar-refractivity contribution is -0.125. The molecule has 0 saturated carbocycles. The average Bonchev–Trinajstić information content (AvgIpc) is 3.35. The summed E-state index contributed by atoms with van der Waals surface area (Å²) in [6.07, 6.45) is -1.01. The van der Waals surface area contributed by atoms with Crippen molar-refractivity contribution in [2.75, 3.05) is 4.90 Å². The Hall–Kier alpha value is -4.36. The van der Waals surface area contributed by atoms with E-state index in [2.05, 4.69) is 9.97 Å². The van der Waals surface area contributed by atoms with Crippen molar-refractivity contribution in [1.29, 1.82) is 0 Å². The number of fused-ring (bicyclic) bond motifs is 3. The van der Waals surface area contributed by atoms with E-state index in [1.165, 1.54) is 0 Å². The van der Waals surface area contributed by atoms with Crippen molar-refractivity contribution in [1.82, 2.24) is 9.97 Å². The van der Waals surface area contributed by atoms with E-state index in [1.807, 2.05) is 84.9 Å². The Labute approximate surface area is 211 Å². The van der Waals surface area contributed by atoms with Crippen LogP contribution in [-0.2, 0) is 9.53 Å². The minimum Gasteiger partial charge on any atom is -0.449 e. The summed E-state index contributed by atoms with van der Waals surface area (Å²) in [5.41, 5.74) is 4.18. The van der Waals surface area contributed by atoms with Crippen LogP contribution in [0, 0.1) is 0 Å². The van der Waals surface area contributed by atoms with E-state index >= 15 is 0 Å². The van der Waals surface area contributed by atoms with E-state index in [0.29, 0.717) is 17.0 Å². The fraction of sp³-hybridized carbons (Fsp3) is 0.0690. The highest BCUT2D eigenvalue weighted by atomic mass is 32.2. The molecule has 5 aromatic rings. The van der Waals surface area contributed by atoms with Gasteiger partial charge in [-0.2, -0.15) is 0 Å². The zero-order chi connectivity index (χ0) is 24.6. The number of nitrogens with zero attached hydrogens (tertiary/aromatic N) is 2. The molecule has 0 saturated heterocycles. The third kappa shape index (κ3) is 3.83. The van der Waals surface area contributed by atoms with Gasteiger partial charge in [-0.25, -0.2) is 9.78 Å². The number of H-pyrrole nitrogens is 1. The summed E-state index contributed by atoms with van der Waals surface area (Å²) in [5, 5.41) is 0. The molecule has 1 atom stereocenters. The Morgan fingerprint density at radius 3 is 2.17 bits per heavy atom. The van der Waals surface area contributed by atoms with Gasteiger partial charge in [0.15, 0.2) is 6.10 Å². The summed E-state index contributed by atoms with van der Waals surface area (Å²) < 4.78 is 5.74. The maximum atomic E-state index is 13.7. The number of nitrogens with one attached hydrogen (secondary N) is 1. The second kappa shape index (κ2) is 9.02. The third-order valence-electron chi connectivity index (χ3n) is 6.08. The van der Waals surface area contributed by atoms with Crippen LogP contribution in [0.3, 0.4) is 0 Å². The van der Waals surface area contributed by atoms with Crippen molar-refractivity contribution < 1.29 is 14.3 Å². The van der Waals surface area contributed by atoms with Crippen molar-refractivity contribution in [3.8, 4) is 11.4 Å². The zero-order valence-electron chi connectivity index (χ0n) is 19.3. The molecular formula is C29H21N3O3S. The van der Waals surface area contributed by atoms with E-state index < -0.39 is 12.1 Å². The lowest BCUT2D eigenvalue weighted by atomic mass is 10.1. The van der Waals surface area contributed by atoms with Crippen LogP contribution in [0.1, 0.15) is 17.3 Å². The number of ether oxygens (including phenoxy) is 1. The number of aromatic nitrogens is 2. The summed E-state index contributed by atoms with van der Waals surface area (Å²) >= 11 is 1.62. The number of aromatic amines is 1. The molecule has 1 aliphatic rings. The quantitative estimate of drug-likeness (QED) is 0.287. The molecule has 7 heteroatoms. The molecule has 2 heterocycles. The molecule has 1 aromatic heterocycles. The molecule has 4 aromatic carbocycles. The minimum atomic E-state index is -1.01. The van der Waals surface area contributed by atoms with Gasteiger partial charge in [0.05, 0.1) is 28.0 Å². The van der Waals surface area contributed by atoms with Gasteiger partial charge >= 0.3 is 5.97 Å². The molecular weight excluding hydrogens is 470 g/mol. The number of anilines is 2. The topological polar surface area (TPSA) is 75.3 Å². The van der Waals surface area contributed by atoms with Crippen molar-refractivity contribution in [3.05, 3.63) is 103 Å². The third-order valence-corrected chi connectivity index (χ3v) is 7.21. The van der Waals surface area contributed by atoms with Crippen LogP contribution in [0.25, 0.3) is 22.4 Å². The summed E-state index contributed by atoms with van der Waals surface area (Å²) in [4.78, 5) is 38.5. The van der Waals surface area contributed by atoms with E-state index in [4.69, 9.17) is 4.74 Å². The van der Waals surface area contributed by atoms with Gasteiger partial charge in [0, 0.05) is 15.4 Å². The Kier molecular flexibility index (Phi) is 5.54. The first-order chi connectivity index (χ1) is 17.6. The molecule has 1 amide bonds. The Bertz CT molecular complexity index is 1550. The van der Waals surface area contributed by atoms with Crippen LogP contribution in [-0.4, -0.2) is 27.9 Å². The van der Waals surface area contributed by atoms with Gasteiger partial charge in [0.2, 0.25) is 0 Å². The number of imidazole rings is 1. The Balaban J connectivity index is 1.30. The summed E-state index contributed by atoms with van der Waals surface area (Å²) in [5.74, 6) is -0.330. The molecule has 36 heavy (non-hydrogen) atoms. The lowest BCUT2D eigenvalue weighted by Gasteiger charge is -2.32. The van der Waals surface area contributed by atoms with E-state index in [0.717, 1.165) is 32.2 Å². The predicted molar refractivity (Wildman–Crippen MR) is 141 cm³/mol. The number of carbonyl (C=O) groups excluding carboxylic acids is 2. The highest BCUT2D eigenvalue weighted by Crippen LogP contribution is 2.48. The molecule has 0 spiro atoms. The number of hydrogen-bond donors (Lipinski definition) is 1. The molecule has 6 nitrogen and oxygen atoms in total. The zero-order valence-corrected chi connectivity index (χ0v) is 20.2. The van der Waals surface area contributed by atoms with Crippen molar-refractivity contribution in [2.45, 2.75) is 22.8 Å². The van der Waals surface area contributed by atoms with Gasteiger partial charge in [-0.15, -0.1) is 0 Å². The van der Waals surface area contributed by atoms with Crippen LogP contribution in [0.15, 0.2) is 107 Å². The second-order valence-corrected chi connectivity index (χ2v) is 9.49. The average molecular weight is 492 g/mol. The molecule has 0 fully saturated rings. The van der Waals surface area contributed by atoms with Gasteiger partial charge in [-0.3, -0.25) is 9.69 Å². The first-order valence-electron chi connectivity index (χ1n) is 11.5. The number of benzene rings is 4. The number of esters is 1. The van der Waals surface area contributed by atoms with E-state index in [1.54, 1.807) is 35.7 Å². The van der Waals surface area contributed by atoms with Crippen molar-refractivity contribution in [2.24, 2.45) is 0 Å². The van der Waals surface area contributed by atoms with Crippen LogP contribution in [0.5, 0.6) is 0 Å². The number of amides is 1. The number of rotatable bonds is 4. The lowest BCUT2D eigenvalue weighted by Crippen LogP contribution is -2.38. The SMILES string of the molecule is CC(OC(=O)c1ccccc1-c1nc2ccccc2[nH]1)C(=O)N1c2ccccc2Sc2ccccc21. The standard InChI is InChI=1S/C29H21N3O3S/c1-18(28(33)32-23-14-6-8-16-25(23)36-26-17-9-7-15-24(26)32)35-29(34)20-11-3-2-10-19(20)27-30-21-12-4-5-13-22(21)31-27/h2-18H,1H3,(H,30,31). The van der Waals surface area contributed by atoms with Gasteiger partial charge < -0.3 is 9.72 Å². The normalized spacial score (nSPS) is 13.1. The van der Waals surface area contributed by atoms with Gasteiger partial charge in [0.25, 0.3) is 5.91 Å². The van der Waals surface area contributed by atoms with Crippen LogP contribution in [0.4, 0.5) is 11.4 Å². The summed E-state index contributed by atoms with van der Waals surface area (Å²) in [6, 6.07) is 30.2. The maximum Gasteiger partial charge on any atom is 0.339 e. The van der Waals surface area contributed by atoms with E-state index in [9.17, 15) is 9.59 Å². The molecule has 6 rings (SSSR count). The molecule has 0 aliphatic carbocycles. The number of carbonyl (C=O) groups is 2. The van der Waals surface area contributed by atoms with Crippen molar-refractivity contribution >= 4 is 46.0 Å². The van der Waals surface area contributed by atoms with Crippen LogP contribution >= 0.6 is 11.8 Å². The monoisotopic (exact) mass is 491 g/mol. The molecule has 0 bridgehead atoms. The Morgan fingerprint density at radius 2 is 1.44 bits per heavy atom. The van der Waals surface area contributed by atoms with Gasteiger partial charge in [0.1, 0.15) is 5.82 Å². The predicted octanol–water partition coefficient (Wildman–Crippen LogP) is 6.60. The Morgan fingerprint density at radius 1 is 0.833 bits per heavy atom. The van der Waals surface area contributed by atoms with Gasteiger partial charge in [-0.05, 0) is 49.4 Å². The van der Waals surface area contributed by atoms with Crippen LogP contribution in [0.2, 0.25) is 0 Å². The molecule has 1 unspecified atom stereocenters. The molecule has 176 valence electrons. The first-order valence-corrected chi connectivity index (χ1v) is 12.4. The second-order valence-electron chi connectivity index (χ2n) is 8.41. The van der Waals surface area contributed by atoms with Crippen LogP contribution < -0.4 is 4.90 Å². The van der Waals surface area contributed by atoms with E-state index in [-0.39, 0.29) is 5.91 Å². The fourth-order valence-electron chi connectivity index (χ4n) is 4.35. The summed E-state index contributed by atoms with van der Waals surface area (Å²) in [6.45, 7) is 1.61. The number of para-hydroxylation sites is 4. The summed E-state index contributed by atoms with van der Waals surface area (Å²) in [7, 11) is 0. The highest BCUT2D eigenvalue weighted by molar-refractivity contribution is 7.99. The molecule has 1 aliphatic heterocycles. The van der Waals surface area contributed by atoms with Crippen molar-refractivity contribution in [3.63, 3.8) is 0 Å². The number of hydrogen-bond acceptors (Lipinski definition) is 5. The largest absolute Gasteiger partial charge is 0.449 e. The fourth-order valence-corrected chi connectivity index (χ4v) is 5.40. The minimum absolute atomic E-state index is 0.315. The molecule has 0 radical (unpaired) electrons. The first kappa shape index (κ1) is 22.1. The van der Waals surface area contributed by atoms with Gasteiger partial charge in [-0.1, -0.05) is 66.4 Å². The molecule has 1 N–H and O–H groups in total. The highest BCUT2D eigenvalue weighted by Gasteiger charge is 2.33.